The highest BCUT2D eigenvalue weighted by Crippen LogP contribution is 2.33. The number of ether oxygens (including phenoxy) is 2. The van der Waals surface area contributed by atoms with E-state index in [4.69, 9.17) is 18.4 Å². The van der Waals surface area contributed by atoms with Gasteiger partial charge in [-0.1, -0.05) is 20.6 Å². The van der Waals surface area contributed by atoms with Gasteiger partial charge < -0.3 is 14.8 Å². The molecule has 0 atom stereocenters. The number of nitrogens with zero attached hydrogens (tertiary/aromatic N) is 1. The van der Waals surface area contributed by atoms with Crippen molar-refractivity contribution in [1.29, 1.82) is 0 Å². The molecule has 0 unspecified atom stereocenters. The van der Waals surface area contributed by atoms with Crippen molar-refractivity contribution in [2.45, 2.75) is 32.4 Å². The van der Waals surface area contributed by atoms with Crippen LogP contribution in [0.15, 0.2) is 30.4 Å². The van der Waals surface area contributed by atoms with E-state index in [0.717, 1.165) is 14.2 Å². The third-order valence-electron chi connectivity index (χ3n) is 3.45. The van der Waals surface area contributed by atoms with Crippen molar-refractivity contribution >= 4 is 17.6 Å². The molecule has 0 saturated carbocycles. The average molecular weight is 384 g/mol. The Balaban J connectivity index is 2.63. The number of hydrogen-bond donors (Lipinski definition) is 1. The van der Waals surface area contributed by atoms with Gasteiger partial charge in [0.05, 0.1) is 22.0 Å². The largest absolute Gasteiger partial charge is 0.496 e. The highest BCUT2D eigenvalue weighted by Gasteiger charge is 2.22. The van der Waals surface area contributed by atoms with Crippen LogP contribution in [-0.4, -0.2) is 31.1 Å². The lowest BCUT2D eigenvalue weighted by Gasteiger charge is -2.23. The van der Waals surface area contributed by atoms with Crippen LogP contribution in [0.2, 0.25) is 0 Å². The first-order chi connectivity index (χ1) is 16.8. The molecule has 0 radical (unpaired) electrons. The van der Waals surface area contributed by atoms with Crippen LogP contribution in [-0.2, 0) is 21.4 Å². The maximum atomic E-state index is 15.3. The monoisotopic (exact) mass is 384 g/mol. The van der Waals surface area contributed by atoms with Gasteiger partial charge in [0.2, 0.25) is 5.91 Å². The molecule has 0 aliphatic heterocycles. The molecule has 2 rings (SSSR count). The van der Waals surface area contributed by atoms with Crippen molar-refractivity contribution in [2.75, 3.05) is 19.5 Å². The summed E-state index contributed by atoms with van der Waals surface area (Å²) in [5.41, 5.74) is -5.34. The molecule has 1 N–H and O–H groups in total. The van der Waals surface area contributed by atoms with E-state index in [-0.39, 0.29) is 11.4 Å². The van der Waals surface area contributed by atoms with E-state index < -0.39 is 73.0 Å². The number of pyridine rings is 1. The Labute approximate surface area is 171 Å². The van der Waals surface area contributed by atoms with Gasteiger partial charge in [0.15, 0.2) is 0 Å². The number of nitrogens with one attached hydrogen (secondary N) is 1. The molecule has 1 aromatic carbocycles. The first kappa shape index (κ1) is 10.4. The van der Waals surface area contributed by atoms with E-state index in [1.807, 2.05) is 0 Å². The molecular weight excluding hydrogens is 351 g/mol. The Kier molecular flexibility index (Phi) is 3.14. The third kappa shape index (κ3) is 5.03. The second kappa shape index (κ2) is 8.16. The van der Waals surface area contributed by atoms with Crippen molar-refractivity contribution < 1.29 is 37.2 Å². The zero-order valence-corrected chi connectivity index (χ0v) is 14.5. The van der Waals surface area contributed by atoms with Gasteiger partial charge in [-0.05, 0) is 29.7 Å². The van der Waals surface area contributed by atoms with Crippen molar-refractivity contribution in [3.63, 3.8) is 0 Å². The van der Waals surface area contributed by atoms with Crippen molar-refractivity contribution in [1.82, 2.24) is 4.98 Å². The number of benzene rings is 1. The van der Waals surface area contributed by atoms with E-state index in [9.17, 15) is 9.59 Å². The fraction of sp³-hybridized carbons (Fsp3) is 0.350. The molecule has 0 spiro atoms. The van der Waals surface area contributed by atoms with Gasteiger partial charge in [-0.25, -0.2) is 14.2 Å². The summed E-state index contributed by atoms with van der Waals surface area (Å²) in [4.78, 5) is 28.0. The zero-order chi connectivity index (χ0) is 28.6. The van der Waals surface area contributed by atoms with Gasteiger partial charge >= 0.3 is 5.97 Å². The second-order valence-corrected chi connectivity index (χ2v) is 5.44. The first-order valence-corrected chi connectivity index (χ1v) is 7.54. The van der Waals surface area contributed by atoms with Gasteiger partial charge in [-0.3, -0.25) is 4.79 Å². The molecule has 7 heteroatoms. The molecular formula is C20H23FN2O4. The van der Waals surface area contributed by atoms with E-state index in [2.05, 4.69) is 15.0 Å². The summed E-state index contributed by atoms with van der Waals surface area (Å²) in [6.07, 6.45) is 0.397. The van der Waals surface area contributed by atoms with Gasteiger partial charge in [-0.15, -0.1) is 0 Å². The zero-order valence-electron chi connectivity index (χ0n) is 24.5. The highest BCUT2D eigenvalue weighted by atomic mass is 19.1. The van der Waals surface area contributed by atoms with Crippen molar-refractivity contribution in [3.05, 3.63) is 53.1 Å². The van der Waals surface area contributed by atoms with E-state index >= 15 is 4.39 Å². The predicted octanol–water partition coefficient (Wildman–Crippen LogP) is 3.49. The van der Waals surface area contributed by atoms with Gasteiger partial charge in [0.25, 0.3) is 0 Å². The molecule has 144 valence electrons. The second-order valence-electron chi connectivity index (χ2n) is 5.44. The normalized spacial score (nSPS) is 17.9. The fourth-order valence-corrected chi connectivity index (χ4v) is 2.20. The van der Waals surface area contributed by atoms with Crippen LogP contribution < -0.4 is 10.1 Å². The molecule has 1 aromatic heterocycles. The van der Waals surface area contributed by atoms with Crippen LogP contribution in [0.3, 0.4) is 0 Å². The molecule has 0 aliphatic carbocycles. The van der Waals surface area contributed by atoms with Crippen molar-refractivity contribution in [3.8, 4) is 5.75 Å². The number of halogens is 1. The van der Waals surface area contributed by atoms with Crippen molar-refractivity contribution in [2.24, 2.45) is 0 Å². The average Bonchev–Trinajstić information content (AvgIpc) is 2.73. The summed E-state index contributed by atoms with van der Waals surface area (Å²) >= 11 is 0. The number of carbonyl (C=O) groups excluding carboxylic acids is 2. The van der Waals surface area contributed by atoms with Crippen LogP contribution in [0.4, 0.5) is 10.1 Å². The summed E-state index contributed by atoms with van der Waals surface area (Å²) in [6, 6.07) is 1.97. The van der Waals surface area contributed by atoms with E-state index in [1.54, 1.807) is 0 Å². The molecule has 0 aliphatic rings. The quantitative estimate of drug-likeness (QED) is 0.799. The maximum absolute atomic E-state index is 15.3. The lowest BCUT2D eigenvalue weighted by molar-refractivity contribution is -0.115. The molecule has 0 saturated heterocycles. The third-order valence-corrected chi connectivity index (χ3v) is 3.45. The lowest BCUT2D eigenvalue weighted by Crippen LogP contribution is -2.18. The minimum Gasteiger partial charge on any atom is -0.496 e. The van der Waals surface area contributed by atoms with Crippen LogP contribution in [0, 0.1) is 5.82 Å². The van der Waals surface area contributed by atoms with Gasteiger partial charge in [0, 0.05) is 35.3 Å². The molecule has 6 nitrogen and oxygen atoms in total. The minimum atomic E-state index is -3.72. The summed E-state index contributed by atoms with van der Waals surface area (Å²) in [7, 11) is 2.05. The SMILES string of the molecule is [2H]c1c(CC(=O)Nc2ccnc(C(=O)OC)c2)c(F)cc(C(C([2H])([2H])[2H])(C([2H])([2H])[2H])C([2H])([2H])[2H])c1OC. The molecule has 1 amide bonds. The van der Waals surface area contributed by atoms with Crippen LogP contribution in [0.5, 0.6) is 5.75 Å². The van der Waals surface area contributed by atoms with Crippen LogP contribution in [0.1, 0.15) is 55.9 Å². The Morgan fingerprint density at radius 3 is 2.70 bits per heavy atom. The Hall–Kier alpha value is -2.96. The summed E-state index contributed by atoms with van der Waals surface area (Å²) in [6.45, 7) is -11.1. The molecule has 0 bridgehead atoms. The van der Waals surface area contributed by atoms with Gasteiger partial charge in [0.1, 0.15) is 17.3 Å². The van der Waals surface area contributed by atoms with E-state index in [1.165, 1.54) is 18.3 Å². The van der Waals surface area contributed by atoms with Crippen LogP contribution >= 0.6 is 0 Å². The minimum absolute atomic E-state index is 0.0853. The fourth-order valence-electron chi connectivity index (χ4n) is 2.20. The summed E-state index contributed by atoms with van der Waals surface area (Å²) < 4.78 is 104. The first-order valence-electron chi connectivity index (χ1n) is 12.5. The number of methoxy groups -OCH3 is 2. The number of hydrogen-bond acceptors (Lipinski definition) is 5. The molecule has 2 aromatic rings. The number of carbonyl (C=O) groups is 2. The Morgan fingerprint density at radius 1 is 1.33 bits per heavy atom. The number of anilines is 1. The molecule has 1 heterocycles. The van der Waals surface area contributed by atoms with Gasteiger partial charge in [-0.2, -0.15) is 0 Å². The van der Waals surface area contributed by atoms with E-state index in [0.29, 0.717) is 6.07 Å². The standard InChI is InChI=1S/C20H23FN2O4/c1-20(2,3)14-11-15(21)12(8-17(14)26-4)9-18(24)23-13-6-7-22-16(10-13)19(25)27-5/h6-8,10-11H,9H2,1-5H3,(H,22,23,24)/i1D3,2D3,3D3,8D. The maximum Gasteiger partial charge on any atom is 0.356 e. The Morgan fingerprint density at radius 2 is 2.07 bits per heavy atom. The van der Waals surface area contributed by atoms with Crippen LogP contribution in [0.25, 0.3) is 0 Å². The predicted molar refractivity (Wildman–Crippen MR) is 99.6 cm³/mol. The topological polar surface area (TPSA) is 77.5 Å². The number of rotatable bonds is 5. The highest BCUT2D eigenvalue weighted by molar-refractivity contribution is 5.94. The molecule has 0 fully saturated rings. The summed E-state index contributed by atoms with van der Waals surface area (Å²) in [5.74, 6) is -3.86. The lowest BCUT2D eigenvalue weighted by atomic mass is 9.85. The number of esters is 1. The number of aromatic nitrogens is 1. The number of amides is 1. The molecule has 27 heavy (non-hydrogen) atoms. The Bertz CT molecular complexity index is 1160. The summed E-state index contributed by atoms with van der Waals surface area (Å²) in [5, 5.41) is 2.37. The smallest absolute Gasteiger partial charge is 0.356 e.